The third-order valence-corrected chi connectivity index (χ3v) is 20.5. The molecule has 602 valence electrons. The lowest BCUT2D eigenvalue weighted by Crippen LogP contribution is -2.16. The van der Waals surface area contributed by atoms with Gasteiger partial charge >= 0.3 is 0 Å². The quantitative estimate of drug-likeness (QED) is 0.0600. The molecule has 2 saturated carbocycles. The second-order valence-corrected chi connectivity index (χ2v) is 35.7. The number of hydrogen-bond donors (Lipinski definition) is 0. The van der Waals surface area contributed by atoms with Crippen LogP contribution in [-0.4, -0.2) is 63.4 Å². The van der Waals surface area contributed by atoms with Crippen LogP contribution in [0.15, 0.2) is 200 Å². The molecule has 7 heterocycles. The maximum Gasteiger partial charge on any atom is 0.213 e. The van der Waals surface area contributed by atoms with Gasteiger partial charge in [0, 0.05) is 91.3 Å². The first-order valence-electron chi connectivity index (χ1n) is 40.3. The van der Waals surface area contributed by atoms with Crippen molar-refractivity contribution in [2.75, 3.05) is 33.5 Å². The number of hydrogen-bond acceptors (Lipinski definition) is 14. The van der Waals surface area contributed by atoms with Crippen molar-refractivity contribution in [2.45, 2.75) is 248 Å². The van der Waals surface area contributed by atoms with Gasteiger partial charge in [-0.1, -0.05) is 223 Å². The summed E-state index contributed by atoms with van der Waals surface area (Å²) in [5.74, 6) is 7.01. The van der Waals surface area contributed by atoms with Crippen LogP contribution in [0.2, 0.25) is 0 Å². The number of methoxy groups -OCH3 is 1. The van der Waals surface area contributed by atoms with Crippen molar-refractivity contribution in [3.63, 3.8) is 0 Å². The molecule has 13 nitrogen and oxygen atoms in total. The normalized spacial score (nSPS) is 13.2. The molecule has 0 amide bonds. The summed E-state index contributed by atoms with van der Waals surface area (Å²) in [6.07, 6.45) is 25.9. The molecule has 2 aliphatic carbocycles. The Kier molecular flexibility index (Phi) is 36.1. The maximum atomic E-state index is 13.5. The van der Waals surface area contributed by atoms with Crippen molar-refractivity contribution >= 4 is 11.3 Å². The molecule has 2 fully saturated rings. The van der Waals surface area contributed by atoms with Crippen LogP contribution in [0.25, 0.3) is 0 Å². The first-order valence-corrected chi connectivity index (χ1v) is 41.1. The Balaban J connectivity index is 0.000000187. The molecular weight excluding hydrogens is 1410 g/mol. The first kappa shape index (κ1) is 90.0. The summed E-state index contributed by atoms with van der Waals surface area (Å²) < 4.78 is 53.2. The summed E-state index contributed by atoms with van der Waals surface area (Å²) in [4.78, 5) is 26.9. The lowest BCUT2D eigenvalue weighted by Gasteiger charge is -2.22. The molecule has 0 atom stereocenters. The van der Waals surface area contributed by atoms with Crippen LogP contribution >= 0.6 is 11.3 Å². The number of aromatic nitrogens is 6. The number of pyridine rings is 6. The van der Waals surface area contributed by atoms with Crippen LogP contribution in [0.4, 0.5) is 4.39 Å². The minimum absolute atomic E-state index is 0.0621. The maximum absolute atomic E-state index is 13.5. The molecule has 0 saturated heterocycles. The molecule has 7 aromatic heterocycles. The lowest BCUT2D eigenvalue weighted by atomic mass is 9.88. The third-order valence-electron chi connectivity index (χ3n) is 19.6. The topological polar surface area (TPSA) is 142 Å². The van der Waals surface area contributed by atoms with Crippen molar-refractivity contribution in [1.29, 1.82) is 0 Å². The van der Waals surface area contributed by atoms with Gasteiger partial charge in [0.05, 0.1) is 33.5 Å². The van der Waals surface area contributed by atoms with E-state index < -0.39 is 0 Å². The van der Waals surface area contributed by atoms with Crippen molar-refractivity contribution < 1.29 is 37.5 Å². The zero-order valence-electron chi connectivity index (χ0n) is 70.8. The molecule has 0 N–H and O–H groups in total. The van der Waals surface area contributed by atoms with E-state index in [0.717, 1.165) is 71.6 Å². The van der Waals surface area contributed by atoms with E-state index in [1.54, 1.807) is 49.2 Å². The molecule has 10 aromatic rings. The molecule has 12 rings (SSSR count). The van der Waals surface area contributed by atoms with Crippen molar-refractivity contribution in [1.82, 2.24) is 29.9 Å². The standard InChI is InChI=1S/C18H23NO2.C17H20FNO.2C16H25NO.C15H19NOS.C15H17NO/c1-13-8-14(10-16(9-13)20-5)12-21-17-11-15(6-7-19-17)18(2,3)4;1-17(2,3)14-8-10-19-16(12-14)20-11-9-13-6-4-5-7-15(13)18;1-16(2,3)14-8-10-17-15(12-14)18-11-9-13-6-4-5-7-13;1-16(2,3)14-9-10-17-15(11-14)18-12-13-7-5-4-6-8-13;1-15(2,3)12-6-8-16-14(11-12)17-9-7-13-5-4-10-18-13;1-12(2)14-8-9-16-15(10-14)17-11-13-6-4-3-5-7-13/h6-11H,12H2,1-5H3;4-8,10,12H,9,11H2,1-3H3;8,10,12-13H,4-7,9,11H2,1-3H3;9-11,13H,4-8,12H2,1-3H3;4-6,8,10-11H,7,9H2,1-3H3;3-10,12H,11H2,1-2H3. The molecule has 112 heavy (non-hydrogen) atoms. The fraction of sp³-hybridized carbons (Fsp3) is 0.464. The van der Waals surface area contributed by atoms with E-state index in [9.17, 15) is 4.39 Å². The molecule has 3 aromatic carbocycles. The second kappa shape index (κ2) is 44.9. The van der Waals surface area contributed by atoms with Gasteiger partial charge in [-0.05, 0) is 193 Å². The fourth-order valence-corrected chi connectivity index (χ4v) is 13.1. The van der Waals surface area contributed by atoms with Gasteiger partial charge in [-0.15, -0.1) is 11.3 Å². The summed E-state index contributed by atoms with van der Waals surface area (Å²) in [5, 5.41) is 2.09. The molecule has 0 unspecified atom stereocenters. The van der Waals surface area contributed by atoms with Gasteiger partial charge in [-0.25, -0.2) is 34.3 Å². The second-order valence-electron chi connectivity index (χ2n) is 34.6. The Morgan fingerprint density at radius 3 is 1.27 bits per heavy atom. The van der Waals surface area contributed by atoms with Gasteiger partial charge in [0.25, 0.3) is 0 Å². The zero-order valence-corrected chi connectivity index (χ0v) is 71.7. The molecule has 0 bridgehead atoms. The van der Waals surface area contributed by atoms with Crippen LogP contribution in [0, 0.1) is 24.6 Å². The number of thiophene rings is 1. The fourth-order valence-electron chi connectivity index (χ4n) is 12.4. The summed E-state index contributed by atoms with van der Waals surface area (Å²) in [5.41, 5.74) is 12.1. The van der Waals surface area contributed by atoms with Crippen molar-refractivity contribution in [3.05, 3.63) is 267 Å². The number of ether oxygens (including phenoxy) is 7. The molecule has 0 radical (unpaired) electrons. The van der Waals surface area contributed by atoms with E-state index in [4.69, 9.17) is 33.2 Å². The number of rotatable bonds is 23. The van der Waals surface area contributed by atoms with E-state index >= 15 is 0 Å². The minimum Gasteiger partial charge on any atom is -0.497 e. The highest BCUT2D eigenvalue weighted by Gasteiger charge is 2.21. The van der Waals surface area contributed by atoms with Gasteiger partial charge in [-0.2, -0.15) is 0 Å². The highest BCUT2D eigenvalue weighted by Crippen LogP contribution is 2.32. The van der Waals surface area contributed by atoms with E-state index in [1.807, 2.05) is 123 Å². The smallest absolute Gasteiger partial charge is 0.213 e. The van der Waals surface area contributed by atoms with Gasteiger partial charge in [0.1, 0.15) is 24.8 Å². The molecule has 0 aliphatic heterocycles. The lowest BCUT2D eigenvalue weighted by molar-refractivity contribution is 0.202. The van der Waals surface area contributed by atoms with Crippen LogP contribution in [0.1, 0.15) is 248 Å². The van der Waals surface area contributed by atoms with Gasteiger partial charge in [0.15, 0.2) is 0 Å². The monoisotopic (exact) mass is 1540 g/mol. The highest BCUT2D eigenvalue weighted by molar-refractivity contribution is 7.09. The predicted octanol–water partition coefficient (Wildman–Crippen LogP) is 24.9. The van der Waals surface area contributed by atoms with E-state index in [2.05, 4.69) is 195 Å². The largest absolute Gasteiger partial charge is 0.497 e. The Hall–Kier alpha value is -9.21. The Labute approximate surface area is 675 Å². The Morgan fingerprint density at radius 2 is 0.812 bits per heavy atom. The average molecular weight is 1540 g/mol. The van der Waals surface area contributed by atoms with Gasteiger partial charge < -0.3 is 33.2 Å². The van der Waals surface area contributed by atoms with Crippen LogP contribution in [0.5, 0.6) is 41.0 Å². The van der Waals surface area contributed by atoms with Crippen LogP contribution in [-0.2, 0) is 53.1 Å². The molecule has 2 aliphatic rings. The Bertz CT molecular complexity index is 4310. The van der Waals surface area contributed by atoms with Crippen molar-refractivity contribution in [2.24, 2.45) is 11.8 Å². The average Bonchev–Trinajstić information content (AvgIpc) is 1.06. The summed E-state index contributed by atoms with van der Waals surface area (Å²) in [7, 11) is 1.67. The van der Waals surface area contributed by atoms with Crippen LogP contribution < -0.4 is 33.2 Å². The summed E-state index contributed by atoms with van der Waals surface area (Å²) in [6.45, 7) is 43.0. The SMILES string of the molecule is CC(C)(C)c1ccnc(OCC2CCCCC2)c1.CC(C)(C)c1ccnc(OCCC2CCCC2)c1.CC(C)(C)c1ccnc(OCCc2ccccc2F)c1.CC(C)(C)c1ccnc(OCCc2cccs2)c1.CC(C)c1ccnc(OCc2ccccc2)c1.COc1cc(C)cc(COc2cc(C(C)(C)C)ccn2)c1. The zero-order chi connectivity index (χ0) is 81.2. The summed E-state index contributed by atoms with van der Waals surface area (Å²) in [6, 6.07) is 51.6. The number of benzene rings is 3. The minimum atomic E-state index is -0.187. The van der Waals surface area contributed by atoms with E-state index in [1.165, 1.54) is 109 Å². The number of aryl methyl sites for hydroxylation is 1. The molecule has 15 heteroatoms. The van der Waals surface area contributed by atoms with Gasteiger partial charge in [0.2, 0.25) is 35.3 Å². The highest BCUT2D eigenvalue weighted by atomic mass is 32.1. The van der Waals surface area contributed by atoms with Crippen molar-refractivity contribution in [3.8, 4) is 41.0 Å². The first-order chi connectivity index (χ1) is 53.3. The predicted molar refractivity (Wildman–Crippen MR) is 459 cm³/mol. The number of nitrogens with zero attached hydrogens (tertiary/aromatic N) is 6. The van der Waals surface area contributed by atoms with Crippen LogP contribution in [0.3, 0.4) is 0 Å². The molecule has 0 spiro atoms. The molecular formula is C97H129FN6O7S. The Morgan fingerprint density at radius 1 is 0.402 bits per heavy atom. The van der Waals surface area contributed by atoms with E-state index in [-0.39, 0.29) is 32.9 Å². The number of halogens is 1. The van der Waals surface area contributed by atoms with Gasteiger partial charge in [-0.3, -0.25) is 0 Å². The van der Waals surface area contributed by atoms with E-state index in [0.29, 0.717) is 62.0 Å². The summed E-state index contributed by atoms with van der Waals surface area (Å²) >= 11 is 1.77. The third kappa shape index (κ3) is 33.6.